The Morgan fingerprint density at radius 1 is 1.10 bits per heavy atom. The van der Waals surface area contributed by atoms with E-state index in [1.165, 1.54) is 31.3 Å². The summed E-state index contributed by atoms with van der Waals surface area (Å²) in [5.41, 5.74) is 1.48. The van der Waals surface area contributed by atoms with E-state index in [-0.39, 0.29) is 16.1 Å². The molecule has 110 valence electrons. The number of carbonyl (C=O) groups is 1. The SMILES string of the molecule is Cc1ccc(S(=O)(=O)N(C)c2ccc(Cl)cc2C=O)cc1. The zero-order valence-electron chi connectivity index (χ0n) is 11.6. The number of carbonyl (C=O) groups excluding carboxylic acids is 1. The summed E-state index contributed by atoms with van der Waals surface area (Å²) >= 11 is 5.82. The normalized spacial score (nSPS) is 11.2. The third-order valence-corrected chi connectivity index (χ3v) is 5.16. The number of anilines is 1. The predicted molar refractivity (Wildman–Crippen MR) is 83.6 cm³/mol. The lowest BCUT2D eigenvalue weighted by molar-refractivity contribution is 0.112. The lowest BCUT2D eigenvalue weighted by Gasteiger charge is -2.21. The molecule has 0 aliphatic carbocycles. The van der Waals surface area contributed by atoms with Crippen molar-refractivity contribution in [3.63, 3.8) is 0 Å². The molecule has 0 atom stereocenters. The number of benzene rings is 2. The van der Waals surface area contributed by atoms with E-state index in [9.17, 15) is 13.2 Å². The molecule has 0 fully saturated rings. The number of nitrogens with zero attached hydrogens (tertiary/aromatic N) is 1. The number of halogens is 1. The van der Waals surface area contributed by atoms with E-state index in [1.54, 1.807) is 18.2 Å². The molecule has 0 N–H and O–H groups in total. The van der Waals surface area contributed by atoms with Crippen molar-refractivity contribution in [2.45, 2.75) is 11.8 Å². The van der Waals surface area contributed by atoms with Gasteiger partial charge in [-0.15, -0.1) is 0 Å². The Morgan fingerprint density at radius 2 is 1.71 bits per heavy atom. The second kappa shape index (κ2) is 5.87. The van der Waals surface area contributed by atoms with Gasteiger partial charge in [-0.05, 0) is 37.3 Å². The molecule has 0 aromatic heterocycles. The van der Waals surface area contributed by atoms with Gasteiger partial charge in [0.2, 0.25) is 0 Å². The monoisotopic (exact) mass is 323 g/mol. The van der Waals surface area contributed by atoms with E-state index >= 15 is 0 Å². The van der Waals surface area contributed by atoms with E-state index in [4.69, 9.17) is 11.6 Å². The van der Waals surface area contributed by atoms with E-state index in [0.717, 1.165) is 9.87 Å². The molecule has 6 heteroatoms. The van der Waals surface area contributed by atoms with Crippen LogP contribution in [-0.4, -0.2) is 21.8 Å². The molecule has 0 heterocycles. The summed E-state index contributed by atoms with van der Waals surface area (Å²) in [6.45, 7) is 1.88. The molecule has 4 nitrogen and oxygen atoms in total. The van der Waals surface area contributed by atoms with E-state index in [2.05, 4.69) is 0 Å². The van der Waals surface area contributed by atoms with Crippen LogP contribution in [0.5, 0.6) is 0 Å². The van der Waals surface area contributed by atoms with E-state index in [0.29, 0.717) is 11.3 Å². The molecule has 0 amide bonds. The Balaban J connectivity index is 2.50. The highest BCUT2D eigenvalue weighted by Gasteiger charge is 2.23. The van der Waals surface area contributed by atoms with Crippen LogP contribution in [-0.2, 0) is 10.0 Å². The van der Waals surface area contributed by atoms with Gasteiger partial charge in [0, 0.05) is 17.6 Å². The first-order valence-corrected chi connectivity index (χ1v) is 7.98. The molecule has 0 spiro atoms. The van der Waals surface area contributed by atoms with Crippen LogP contribution in [0.2, 0.25) is 5.02 Å². The number of hydrogen-bond acceptors (Lipinski definition) is 3. The highest BCUT2D eigenvalue weighted by Crippen LogP contribution is 2.27. The van der Waals surface area contributed by atoms with Crippen molar-refractivity contribution in [1.82, 2.24) is 0 Å². The summed E-state index contributed by atoms with van der Waals surface area (Å²) in [5, 5.41) is 0.377. The first-order chi connectivity index (χ1) is 9.86. The van der Waals surface area contributed by atoms with Crippen molar-refractivity contribution in [1.29, 1.82) is 0 Å². The van der Waals surface area contributed by atoms with Gasteiger partial charge < -0.3 is 0 Å². The van der Waals surface area contributed by atoms with Crippen LogP contribution in [0.1, 0.15) is 15.9 Å². The second-order valence-corrected chi connectivity index (χ2v) is 7.01. The molecular formula is C15H14ClNO3S. The van der Waals surface area contributed by atoms with Crippen molar-refractivity contribution < 1.29 is 13.2 Å². The lowest BCUT2D eigenvalue weighted by atomic mass is 10.2. The van der Waals surface area contributed by atoms with Crippen LogP contribution < -0.4 is 4.31 Å². The number of aryl methyl sites for hydroxylation is 1. The quantitative estimate of drug-likeness (QED) is 0.811. The predicted octanol–water partition coefficient (Wildman–Crippen LogP) is 3.29. The summed E-state index contributed by atoms with van der Waals surface area (Å²) in [6.07, 6.45) is 0.586. The Morgan fingerprint density at radius 3 is 2.29 bits per heavy atom. The molecule has 0 saturated heterocycles. The van der Waals surface area contributed by atoms with Crippen LogP contribution in [0, 0.1) is 6.92 Å². The van der Waals surface area contributed by atoms with Crippen LogP contribution >= 0.6 is 11.6 Å². The Labute approximate surface area is 129 Å². The van der Waals surface area contributed by atoms with Gasteiger partial charge in [-0.2, -0.15) is 0 Å². The van der Waals surface area contributed by atoms with Crippen LogP contribution in [0.3, 0.4) is 0 Å². The summed E-state index contributed by atoms with van der Waals surface area (Å²) in [4.78, 5) is 11.3. The fourth-order valence-electron chi connectivity index (χ4n) is 1.90. The average Bonchev–Trinajstić information content (AvgIpc) is 2.46. The van der Waals surface area contributed by atoms with E-state index < -0.39 is 10.0 Å². The zero-order valence-corrected chi connectivity index (χ0v) is 13.1. The summed E-state index contributed by atoms with van der Waals surface area (Å²) in [5.74, 6) is 0. The Hall–Kier alpha value is -1.85. The average molecular weight is 324 g/mol. The molecule has 2 aromatic carbocycles. The highest BCUT2D eigenvalue weighted by molar-refractivity contribution is 7.92. The van der Waals surface area contributed by atoms with Gasteiger partial charge in [-0.1, -0.05) is 29.3 Å². The van der Waals surface area contributed by atoms with Crippen LogP contribution in [0.4, 0.5) is 5.69 Å². The first-order valence-electron chi connectivity index (χ1n) is 6.16. The molecular weight excluding hydrogens is 310 g/mol. The number of sulfonamides is 1. The van der Waals surface area contributed by atoms with Crippen molar-refractivity contribution in [2.24, 2.45) is 0 Å². The largest absolute Gasteiger partial charge is 0.298 e. The van der Waals surface area contributed by atoms with Gasteiger partial charge in [0.15, 0.2) is 6.29 Å². The highest BCUT2D eigenvalue weighted by atomic mass is 35.5. The molecule has 2 rings (SSSR count). The third-order valence-electron chi connectivity index (χ3n) is 3.14. The molecule has 0 radical (unpaired) electrons. The lowest BCUT2D eigenvalue weighted by Crippen LogP contribution is -2.27. The Kier molecular flexibility index (Phi) is 4.34. The minimum absolute atomic E-state index is 0.169. The topological polar surface area (TPSA) is 54.5 Å². The van der Waals surface area contributed by atoms with Gasteiger partial charge in [0.05, 0.1) is 10.6 Å². The zero-order chi connectivity index (χ0) is 15.6. The molecule has 0 bridgehead atoms. The Bertz CT molecular complexity index is 770. The third kappa shape index (κ3) is 3.09. The van der Waals surface area contributed by atoms with Crippen molar-refractivity contribution in [3.05, 3.63) is 58.6 Å². The maximum Gasteiger partial charge on any atom is 0.264 e. The fourth-order valence-corrected chi connectivity index (χ4v) is 3.31. The maximum atomic E-state index is 12.6. The van der Waals surface area contributed by atoms with Crippen molar-refractivity contribution in [3.8, 4) is 0 Å². The van der Waals surface area contributed by atoms with Gasteiger partial charge in [0.25, 0.3) is 10.0 Å². The fraction of sp³-hybridized carbons (Fsp3) is 0.133. The number of rotatable bonds is 4. The summed E-state index contributed by atoms with van der Waals surface area (Å²) in [6, 6.07) is 11.0. The van der Waals surface area contributed by atoms with Crippen LogP contribution in [0.15, 0.2) is 47.4 Å². The van der Waals surface area contributed by atoms with Crippen LogP contribution in [0.25, 0.3) is 0 Å². The van der Waals surface area contributed by atoms with Gasteiger partial charge in [0.1, 0.15) is 0 Å². The van der Waals surface area contributed by atoms with Crippen molar-refractivity contribution >= 4 is 33.6 Å². The maximum absolute atomic E-state index is 12.6. The minimum atomic E-state index is -3.72. The minimum Gasteiger partial charge on any atom is -0.298 e. The number of hydrogen-bond donors (Lipinski definition) is 0. The molecule has 0 unspecified atom stereocenters. The second-order valence-electron chi connectivity index (χ2n) is 4.61. The number of aldehydes is 1. The first kappa shape index (κ1) is 15.5. The standard InChI is InChI=1S/C15H14ClNO3S/c1-11-3-6-14(7-4-11)21(19,20)17(2)15-8-5-13(16)9-12(15)10-18/h3-10H,1-2H3. The summed E-state index contributed by atoms with van der Waals surface area (Å²) in [7, 11) is -2.31. The molecule has 0 aliphatic heterocycles. The van der Waals surface area contributed by atoms with Gasteiger partial charge in [-0.3, -0.25) is 9.10 Å². The molecule has 0 aliphatic rings. The van der Waals surface area contributed by atoms with Crippen molar-refractivity contribution in [2.75, 3.05) is 11.4 Å². The molecule has 2 aromatic rings. The molecule has 21 heavy (non-hydrogen) atoms. The van der Waals surface area contributed by atoms with E-state index in [1.807, 2.05) is 6.92 Å². The molecule has 0 saturated carbocycles. The smallest absolute Gasteiger partial charge is 0.264 e. The summed E-state index contributed by atoms with van der Waals surface area (Å²) < 4.78 is 26.2. The van der Waals surface area contributed by atoms with Gasteiger partial charge >= 0.3 is 0 Å². The van der Waals surface area contributed by atoms with Gasteiger partial charge in [-0.25, -0.2) is 8.42 Å².